The summed E-state index contributed by atoms with van der Waals surface area (Å²) in [6, 6.07) is 2.35. The summed E-state index contributed by atoms with van der Waals surface area (Å²) in [5.74, 6) is -0.123. The zero-order valence-corrected chi connectivity index (χ0v) is 17.3. The van der Waals surface area contributed by atoms with Gasteiger partial charge in [0.2, 0.25) is 15.9 Å². The lowest BCUT2D eigenvalue weighted by atomic mass is 10.1. The van der Waals surface area contributed by atoms with Gasteiger partial charge in [-0.1, -0.05) is 0 Å². The van der Waals surface area contributed by atoms with Gasteiger partial charge in [0.25, 0.3) is 5.91 Å². The van der Waals surface area contributed by atoms with Gasteiger partial charge in [0.05, 0.1) is 23.8 Å². The molecule has 2 unspecified atom stereocenters. The summed E-state index contributed by atoms with van der Waals surface area (Å²) >= 11 is 0. The topological polar surface area (TPSA) is 105 Å². The fourth-order valence-electron chi connectivity index (χ4n) is 4.02. The van der Waals surface area contributed by atoms with E-state index >= 15 is 0 Å². The molecule has 1 N–H and O–H groups in total. The maximum atomic E-state index is 13.5. The molecule has 0 aromatic heterocycles. The number of nitrogens with one attached hydrogen (secondary N) is 1. The lowest BCUT2D eigenvalue weighted by Crippen LogP contribution is -2.51. The van der Waals surface area contributed by atoms with Gasteiger partial charge in [0.15, 0.2) is 6.10 Å². The van der Waals surface area contributed by atoms with Crippen molar-refractivity contribution in [3.8, 4) is 5.75 Å². The van der Waals surface area contributed by atoms with Crippen molar-refractivity contribution in [2.75, 3.05) is 38.2 Å². The second kappa shape index (κ2) is 7.58. The lowest BCUT2D eigenvalue weighted by molar-refractivity contribution is -0.138. The summed E-state index contributed by atoms with van der Waals surface area (Å²) in [5.41, 5.74) is 0.943. The molecule has 29 heavy (non-hydrogen) atoms. The Labute approximate surface area is 170 Å². The van der Waals surface area contributed by atoms with Gasteiger partial charge in [-0.2, -0.15) is 4.31 Å². The number of sulfonamides is 1. The SMILES string of the molecule is Cc1cc2c(cc1S(=O)(=O)N1CCCC1C(=O)N1CCOCC1)OC(C)C(=O)N2. The maximum absolute atomic E-state index is 13.5. The van der Waals surface area contributed by atoms with Crippen molar-refractivity contribution >= 4 is 27.5 Å². The van der Waals surface area contributed by atoms with Gasteiger partial charge in [0, 0.05) is 25.7 Å². The number of rotatable bonds is 3. The Morgan fingerprint density at radius 2 is 1.93 bits per heavy atom. The average Bonchev–Trinajstić information content (AvgIpc) is 3.19. The van der Waals surface area contributed by atoms with Crippen molar-refractivity contribution in [1.29, 1.82) is 0 Å². The number of hydrogen-bond acceptors (Lipinski definition) is 6. The highest BCUT2D eigenvalue weighted by Crippen LogP contribution is 2.37. The van der Waals surface area contributed by atoms with Crippen LogP contribution in [0.5, 0.6) is 5.75 Å². The summed E-state index contributed by atoms with van der Waals surface area (Å²) in [6.07, 6.45) is 0.430. The molecule has 3 aliphatic rings. The van der Waals surface area contributed by atoms with Crippen molar-refractivity contribution in [2.45, 2.75) is 43.7 Å². The van der Waals surface area contributed by atoms with E-state index in [0.717, 1.165) is 0 Å². The van der Waals surface area contributed by atoms with Crippen LogP contribution in [0.3, 0.4) is 0 Å². The van der Waals surface area contributed by atoms with Crippen molar-refractivity contribution in [3.63, 3.8) is 0 Å². The van der Waals surface area contributed by atoms with Crippen molar-refractivity contribution in [2.24, 2.45) is 0 Å². The van der Waals surface area contributed by atoms with E-state index in [2.05, 4.69) is 5.32 Å². The predicted octanol–water partition coefficient (Wildman–Crippen LogP) is 0.726. The minimum atomic E-state index is -3.90. The van der Waals surface area contributed by atoms with Crippen LogP contribution in [0.4, 0.5) is 5.69 Å². The van der Waals surface area contributed by atoms with E-state index in [1.54, 1.807) is 24.8 Å². The third-order valence-electron chi connectivity index (χ3n) is 5.61. The van der Waals surface area contributed by atoms with E-state index in [0.29, 0.717) is 62.7 Å². The first-order valence-corrected chi connectivity index (χ1v) is 11.2. The Hall–Kier alpha value is -2.17. The van der Waals surface area contributed by atoms with Gasteiger partial charge in [-0.3, -0.25) is 9.59 Å². The first-order valence-electron chi connectivity index (χ1n) is 9.79. The molecule has 1 aromatic carbocycles. The van der Waals surface area contributed by atoms with Crippen LogP contribution in [0.25, 0.3) is 0 Å². The number of nitrogens with zero attached hydrogens (tertiary/aromatic N) is 2. The second-order valence-corrected chi connectivity index (χ2v) is 9.43. The van der Waals surface area contributed by atoms with E-state index < -0.39 is 22.2 Å². The van der Waals surface area contributed by atoms with Gasteiger partial charge in [0.1, 0.15) is 11.8 Å². The molecule has 0 radical (unpaired) electrons. The monoisotopic (exact) mass is 423 g/mol. The van der Waals surface area contributed by atoms with Crippen molar-refractivity contribution < 1.29 is 27.5 Å². The van der Waals surface area contributed by atoms with E-state index in [9.17, 15) is 18.0 Å². The molecule has 0 bridgehead atoms. The number of carbonyl (C=O) groups excluding carboxylic acids is 2. The van der Waals surface area contributed by atoms with E-state index in [1.807, 2.05) is 0 Å². The zero-order chi connectivity index (χ0) is 20.8. The Morgan fingerprint density at radius 3 is 2.66 bits per heavy atom. The molecule has 3 aliphatic heterocycles. The number of fused-ring (bicyclic) bond motifs is 1. The number of ether oxygens (including phenoxy) is 2. The molecular formula is C19H25N3O6S. The number of carbonyl (C=O) groups is 2. The Morgan fingerprint density at radius 1 is 1.21 bits per heavy atom. The summed E-state index contributed by atoms with van der Waals surface area (Å²) in [5, 5.41) is 2.72. The molecule has 1 aromatic rings. The highest BCUT2D eigenvalue weighted by Gasteiger charge is 2.42. The first kappa shape index (κ1) is 20.1. The van der Waals surface area contributed by atoms with Crippen LogP contribution >= 0.6 is 0 Å². The Kier molecular flexibility index (Phi) is 5.26. The van der Waals surface area contributed by atoms with E-state index in [-0.39, 0.29) is 16.7 Å². The molecular weight excluding hydrogens is 398 g/mol. The quantitative estimate of drug-likeness (QED) is 0.768. The van der Waals surface area contributed by atoms with Gasteiger partial charge in [-0.15, -0.1) is 0 Å². The minimum Gasteiger partial charge on any atom is -0.479 e. The standard InChI is InChI=1S/C19H25N3O6S/c1-12-10-14-16(28-13(2)18(23)20-14)11-17(12)29(25,26)22-5-3-4-15(22)19(24)21-6-8-27-9-7-21/h10-11,13,15H,3-9H2,1-2H3,(H,20,23). The molecule has 0 saturated carbocycles. The molecule has 0 spiro atoms. The maximum Gasteiger partial charge on any atom is 0.265 e. The van der Waals surface area contributed by atoms with Gasteiger partial charge in [-0.05, 0) is 38.3 Å². The van der Waals surface area contributed by atoms with Gasteiger partial charge >= 0.3 is 0 Å². The largest absolute Gasteiger partial charge is 0.479 e. The molecule has 2 saturated heterocycles. The molecule has 9 nitrogen and oxygen atoms in total. The lowest BCUT2D eigenvalue weighted by Gasteiger charge is -2.32. The number of hydrogen-bond donors (Lipinski definition) is 1. The average molecular weight is 423 g/mol. The third kappa shape index (κ3) is 3.60. The summed E-state index contributed by atoms with van der Waals surface area (Å²) in [7, 11) is -3.90. The molecule has 4 rings (SSSR count). The predicted molar refractivity (Wildman–Crippen MR) is 104 cm³/mol. The Balaban J connectivity index is 1.65. The van der Waals surface area contributed by atoms with Crippen LogP contribution in [0.15, 0.2) is 17.0 Å². The van der Waals surface area contributed by atoms with Crippen molar-refractivity contribution in [1.82, 2.24) is 9.21 Å². The molecule has 0 aliphatic carbocycles. The fraction of sp³-hybridized carbons (Fsp3) is 0.579. The number of benzene rings is 1. The zero-order valence-electron chi connectivity index (χ0n) is 16.5. The minimum absolute atomic E-state index is 0.0984. The van der Waals surface area contributed by atoms with Gasteiger partial charge < -0.3 is 19.7 Å². The summed E-state index contributed by atoms with van der Waals surface area (Å²) in [6.45, 7) is 5.47. The molecule has 2 amide bonds. The summed E-state index contributed by atoms with van der Waals surface area (Å²) < 4.78 is 39.1. The normalized spacial score (nSPS) is 25.3. The van der Waals surface area contributed by atoms with Crippen LogP contribution < -0.4 is 10.1 Å². The Bertz CT molecular complexity index is 942. The molecule has 10 heteroatoms. The van der Waals surface area contributed by atoms with Crippen LogP contribution in [0, 0.1) is 6.92 Å². The van der Waals surface area contributed by atoms with Crippen molar-refractivity contribution in [3.05, 3.63) is 17.7 Å². The van der Waals surface area contributed by atoms with Crippen LogP contribution in [-0.2, 0) is 24.3 Å². The highest BCUT2D eigenvalue weighted by atomic mass is 32.2. The van der Waals surface area contributed by atoms with Crippen LogP contribution in [0.2, 0.25) is 0 Å². The molecule has 2 atom stereocenters. The molecule has 3 heterocycles. The number of morpholine rings is 1. The summed E-state index contributed by atoms with van der Waals surface area (Å²) in [4.78, 5) is 26.6. The fourth-order valence-corrected chi connectivity index (χ4v) is 5.89. The molecule has 158 valence electrons. The smallest absolute Gasteiger partial charge is 0.265 e. The van der Waals surface area contributed by atoms with E-state index in [1.165, 1.54) is 10.4 Å². The number of amides is 2. The highest BCUT2D eigenvalue weighted by molar-refractivity contribution is 7.89. The second-order valence-electron chi connectivity index (χ2n) is 7.57. The first-order chi connectivity index (χ1) is 13.8. The number of anilines is 1. The number of aryl methyl sites for hydroxylation is 1. The van der Waals surface area contributed by atoms with Gasteiger partial charge in [-0.25, -0.2) is 8.42 Å². The van der Waals surface area contributed by atoms with Crippen LogP contribution in [-0.4, -0.2) is 74.4 Å². The molecule has 2 fully saturated rings. The van der Waals surface area contributed by atoms with Crippen LogP contribution in [0.1, 0.15) is 25.3 Å². The third-order valence-corrected chi connectivity index (χ3v) is 7.66. The van der Waals surface area contributed by atoms with E-state index in [4.69, 9.17) is 9.47 Å².